The molecule has 2 fully saturated rings. The Morgan fingerprint density at radius 1 is 1.23 bits per heavy atom. The number of nitrogens with zero attached hydrogens (tertiary/aromatic N) is 4. The van der Waals surface area contributed by atoms with Crippen LogP contribution in [0.3, 0.4) is 0 Å². The maximum absolute atomic E-state index is 12.6. The van der Waals surface area contributed by atoms with Gasteiger partial charge in [0, 0.05) is 30.3 Å². The summed E-state index contributed by atoms with van der Waals surface area (Å²) in [4.78, 5) is 8.92. The predicted molar refractivity (Wildman–Crippen MR) is 116 cm³/mol. The molecule has 2 aliphatic rings. The quantitative estimate of drug-likeness (QED) is 0.470. The second kappa shape index (κ2) is 8.97. The minimum Gasteiger partial charge on any atom is -0.481 e. The Labute approximate surface area is 181 Å². The molecule has 2 saturated heterocycles. The molecule has 12 heteroatoms. The average Bonchev–Trinajstić information content (AvgIpc) is 3.20. The summed E-state index contributed by atoms with van der Waals surface area (Å²) < 4.78 is 32.2. The first-order valence-electron chi connectivity index (χ1n) is 10.5. The number of nitrogens with one attached hydrogen (secondary N) is 3. The van der Waals surface area contributed by atoms with Gasteiger partial charge in [-0.2, -0.15) is 19.4 Å². The Hall–Kier alpha value is -2.44. The van der Waals surface area contributed by atoms with Crippen molar-refractivity contribution in [2.75, 3.05) is 23.5 Å². The third kappa shape index (κ3) is 4.75. The largest absolute Gasteiger partial charge is 0.481 e. The smallest absolute Gasteiger partial charge is 0.228 e. The number of anilines is 3. The Balaban J connectivity index is 1.50. The molecule has 2 aromatic heterocycles. The van der Waals surface area contributed by atoms with E-state index in [9.17, 15) is 13.5 Å². The van der Waals surface area contributed by atoms with Gasteiger partial charge in [-0.05, 0) is 32.6 Å². The van der Waals surface area contributed by atoms with Crippen LogP contribution in [0, 0.1) is 0 Å². The first kappa shape index (κ1) is 21.8. The van der Waals surface area contributed by atoms with Gasteiger partial charge < -0.3 is 20.5 Å². The van der Waals surface area contributed by atoms with Gasteiger partial charge in [0.1, 0.15) is 5.82 Å². The molecule has 0 aromatic carbocycles. The summed E-state index contributed by atoms with van der Waals surface area (Å²) in [7, 11) is -1.68. The second-order valence-electron chi connectivity index (χ2n) is 7.96. The third-order valence-electron chi connectivity index (χ3n) is 5.90. The number of aromatic nitrogens is 4. The lowest BCUT2D eigenvalue weighted by molar-refractivity contribution is 0.116. The summed E-state index contributed by atoms with van der Waals surface area (Å²) in [5.41, 5.74) is 0.585. The van der Waals surface area contributed by atoms with Crippen molar-refractivity contribution in [1.29, 1.82) is 0 Å². The van der Waals surface area contributed by atoms with Crippen molar-refractivity contribution in [3.05, 3.63) is 17.8 Å². The summed E-state index contributed by atoms with van der Waals surface area (Å²) in [5, 5.41) is 22.4. The lowest BCUT2D eigenvalue weighted by Gasteiger charge is -2.47. The van der Waals surface area contributed by atoms with E-state index < -0.39 is 10.0 Å². The zero-order chi connectivity index (χ0) is 22.0. The number of ether oxygens (including phenoxy) is 1. The second-order valence-corrected chi connectivity index (χ2v) is 10.1. The zero-order valence-electron chi connectivity index (χ0n) is 17.7. The minimum absolute atomic E-state index is 0.0131. The number of aromatic amines is 1. The van der Waals surface area contributed by atoms with Crippen molar-refractivity contribution in [3.63, 3.8) is 0 Å². The first-order chi connectivity index (χ1) is 14.9. The normalized spacial score (nSPS) is 24.0. The summed E-state index contributed by atoms with van der Waals surface area (Å²) in [6, 6.07) is 3.44. The van der Waals surface area contributed by atoms with Gasteiger partial charge in [-0.1, -0.05) is 6.42 Å². The highest BCUT2D eigenvalue weighted by molar-refractivity contribution is 7.89. The molecule has 3 atom stereocenters. The monoisotopic (exact) mass is 451 g/mol. The molecule has 2 aromatic rings. The lowest BCUT2D eigenvalue weighted by atomic mass is 9.84. The van der Waals surface area contributed by atoms with Crippen molar-refractivity contribution in [2.24, 2.45) is 0 Å². The Morgan fingerprint density at radius 3 is 2.58 bits per heavy atom. The maximum atomic E-state index is 12.6. The van der Waals surface area contributed by atoms with Crippen LogP contribution in [0.4, 0.5) is 17.6 Å². The molecule has 11 nitrogen and oxygen atoms in total. The number of aliphatic hydroxyl groups is 1. The molecule has 0 spiro atoms. The zero-order valence-corrected chi connectivity index (χ0v) is 18.5. The maximum Gasteiger partial charge on any atom is 0.228 e. The molecule has 0 amide bonds. The number of H-pyrrole nitrogens is 1. The van der Waals surface area contributed by atoms with Gasteiger partial charge in [0.25, 0.3) is 0 Å². The molecule has 4 N–H and O–H groups in total. The van der Waals surface area contributed by atoms with Crippen LogP contribution in [0.15, 0.2) is 12.1 Å². The van der Waals surface area contributed by atoms with Gasteiger partial charge in [0.2, 0.25) is 21.9 Å². The Bertz CT molecular complexity index is 998. The summed E-state index contributed by atoms with van der Waals surface area (Å²) in [6.45, 7) is 1.57. The molecule has 1 unspecified atom stereocenters. The summed E-state index contributed by atoms with van der Waals surface area (Å²) in [6.07, 6.45) is 4.26. The van der Waals surface area contributed by atoms with Crippen molar-refractivity contribution >= 4 is 27.6 Å². The van der Waals surface area contributed by atoms with Crippen LogP contribution in [-0.4, -0.2) is 69.0 Å². The van der Waals surface area contributed by atoms with E-state index in [1.165, 1.54) is 7.11 Å². The standard InChI is InChI=1S/C19H29N7O4S/c1-3-31(28,29)26-14-5-4-6-15(26)8-12(7-14)20-19-22-16(10-18(23-19)30-2)21-17-9-13(11-27)24-25-17/h9-10,12,14-15,27H,3-8,11H2,1-2H3,(H3,20,21,22,23,24,25)/t12?,14-,15+. The van der Waals surface area contributed by atoms with E-state index in [-0.39, 0.29) is 30.5 Å². The van der Waals surface area contributed by atoms with Crippen LogP contribution in [0.2, 0.25) is 0 Å². The summed E-state index contributed by atoms with van der Waals surface area (Å²) >= 11 is 0. The van der Waals surface area contributed by atoms with Crippen LogP contribution >= 0.6 is 0 Å². The number of methoxy groups -OCH3 is 1. The molecule has 0 saturated carbocycles. The highest BCUT2D eigenvalue weighted by Crippen LogP contribution is 2.37. The van der Waals surface area contributed by atoms with Crippen LogP contribution < -0.4 is 15.4 Å². The van der Waals surface area contributed by atoms with Gasteiger partial charge in [-0.15, -0.1) is 0 Å². The van der Waals surface area contributed by atoms with E-state index in [4.69, 9.17) is 4.74 Å². The molecule has 0 aliphatic carbocycles. The van der Waals surface area contributed by atoms with E-state index in [2.05, 4.69) is 30.8 Å². The van der Waals surface area contributed by atoms with E-state index in [1.807, 2.05) is 0 Å². The van der Waals surface area contributed by atoms with Crippen LogP contribution in [0.25, 0.3) is 0 Å². The first-order valence-corrected chi connectivity index (χ1v) is 12.2. The molecule has 170 valence electrons. The SMILES string of the molecule is CCS(=O)(=O)N1[C@@H]2CCC[C@H]1CC(Nc1nc(Nc3cc(CO)[nH]n3)cc(OC)n1)C2. The van der Waals surface area contributed by atoms with Crippen molar-refractivity contribution in [3.8, 4) is 5.88 Å². The number of sulfonamides is 1. The highest BCUT2D eigenvalue weighted by Gasteiger charge is 2.43. The van der Waals surface area contributed by atoms with Crippen molar-refractivity contribution in [1.82, 2.24) is 24.5 Å². The van der Waals surface area contributed by atoms with Crippen LogP contribution in [-0.2, 0) is 16.6 Å². The van der Waals surface area contributed by atoms with Gasteiger partial charge in [-0.25, -0.2) is 8.42 Å². The molecule has 2 bridgehead atoms. The number of hydrogen-bond donors (Lipinski definition) is 4. The summed E-state index contributed by atoms with van der Waals surface area (Å²) in [5.74, 6) is 1.95. The fourth-order valence-electron chi connectivity index (χ4n) is 4.54. The van der Waals surface area contributed by atoms with Crippen molar-refractivity contribution < 1.29 is 18.3 Å². The van der Waals surface area contributed by atoms with Crippen LogP contribution in [0.1, 0.15) is 44.7 Å². The van der Waals surface area contributed by atoms with E-state index in [0.29, 0.717) is 29.2 Å². The van der Waals surface area contributed by atoms with Gasteiger partial charge in [0.05, 0.1) is 25.2 Å². The Kier molecular flexibility index (Phi) is 6.30. The molecule has 4 rings (SSSR count). The van der Waals surface area contributed by atoms with E-state index >= 15 is 0 Å². The number of hydrogen-bond acceptors (Lipinski definition) is 9. The topological polar surface area (TPSA) is 145 Å². The lowest BCUT2D eigenvalue weighted by Crippen LogP contribution is -2.57. The third-order valence-corrected chi connectivity index (χ3v) is 7.86. The number of rotatable bonds is 8. The molecule has 31 heavy (non-hydrogen) atoms. The van der Waals surface area contributed by atoms with Crippen molar-refractivity contribution in [2.45, 2.75) is 63.8 Å². The molecule has 4 heterocycles. The van der Waals surface area contributed by atoms with E-state index in [0.717, 1.165) is 32.1 Å². The molecular formula is C19H29N7O4S. The van der Waals surface area contributed by atoms with Crippen LogP contribution in [0.5, 0.6) is 5.88 Å². The van der Waals surface area contributed by atoms with Gasteiger partial charge in [-0.3, -0.25) is 5.10 Å². The number of aliphatic hydroxyl groups excluding tert-OH is 1. The predicted octanol–water partition coefficient (Wildman–Crippen LogP) is 1.59. The number of fused-ring (bicyclic) bond motifs is 2. The molecule has 2 aliphatic heterocycles. The molecular weight excluding hydrogens is 422 g/mol. The highest BCUT2D eigenvalue weighted by atomic mass is 32.2. The van der Waals surface area contributed by atoms with Gasteiger partial charge in [0.15, 0.2) is 5.82 Å². The average molecular weight is 452 g/mol. The van der Waals surface area contributed by atoms with Gasteiger partial charge >= 0.3 is 0 Å². The fourth-order valence-corrected chi connectivity index (χ4v) is 6.13. The minimum atomic E-state index is -3.21. The molecule has 0 radical (unpaired) electrons. The number of piperidine rings is 2. The van der Waals surface area contributed by atoms with E-state index in [1.54, 1.807) is 23.4 Å². The fraction of sp³-hybridized carbons (Fsp3) is 0.632. The Morgan fingerprint density at radius 2 is 1.97 bits per heavy atom.